The van der Waals surface area contributed by atoms with Crippen LogP contribution < -0.4 is 5.32 Å². The fourth-order valence-corrected chi connectivity index (χ4v) is 3.44. The van der Waals surface area contributed by atoms with Crippen molar-refractivity contribution >= 4 is 23.1 Å². The van der Waals surface area contributed by atoms with Crippen LogP contribution in [0.5, 0.6) is 0 Å². The SMILES string of the molecule is O=[N+]([O-])c1cc(NC2CC(O)C(O)CO2)cc(Sc2ccccc2)c1. The molecule has 2 aromatic carbocycles. The Morgan fingerprint density at radius 2 is 1.88 bits per heavy atom. The number of non-ortho nitro benzene ring substituents is 1. The van der Waals surface area contributed by atoms with Crippen LogP contribution >= 0.6 is 11.8 Å². The number of nitrogens with zero attached hydrogens (tertiary/aromatic N) is 1. The van der Waals surface area contributed by atoms with Crippen LogP contribution in [0.25, 0.3) is 0 Å². The van der Waals surface area contributed by atoms with Gasteiger partial charge in [0.1, 0.15) is 12.3 Å². The highest BCUT2D eigenvalue weighted by Crippen LogP contribution is 2.33. The third-order valence-electron chi connectivity index (χ3n) is 3.78. The van der Waals surface area contributed by atoms with Gasteiger partial charge >= 0.3 is 0 Å². The fourth-order valence-electron chi connectivity index (χ4n) is 2.51. The highest BCUT2D eigenvalue weighted by atomic mass is 32.2. The Hall–Kier alpha value is -2.13. The zero-order valence-electron chi connectivity index (χ0n) is 13.2. The summed E-state index contributed by atoms with van der Waals surface area (Å²) in [5, 5.41) is 33.5. The molecule has 3 unspecified atom stereocenters. The van der Waals surface area contributed by atoms with Crippen LogP contribution in [-0.4, -0.2) is 40.2 Å². The average molecular weight is 362 g/mol. The molecule has 0 amide bonds. The van der Waals surface area contributed by atoms with E-state index >= 15 is 0 Å². The summed E-state index contributed by atoms with van der Waals surface area (Å²) in [6.07, 6.45) is -2.11. The number of nitrogens with one attached hydrogen (secondary N) is 1. The summed E-state index contributed by atoms with van der Waals surface area (Å²) in [6, 6.07) is 14.3. The van der Waals surface area contributed by atoms with E-state index in [9.17, 15) is 20.3 Å². The van der Waals surface area contributed by atoms with Crippen molar-refractivity contribution in [3.63, 3.8) is 0 Å². The zero-order valence-corrected chi connectivity index (χ0v) is 14.1. The molecule has 2 aromatic rings. The zero-order chi connectivity index (χ0) is 17.8. The predicted molar refractivity (Wildman–Crippen MR) is 93.7 cm³/mol. The van der Waals surface area contributed by atoms with Crippen molar-refractivity contribution in [3.8, 4) is 0 Å². The molecular formula is C17H18N2O5S. The molecule has 0 aromatic heterocycles. The summed E-state index contributed by atoms with van der Waals surface area (Å²) < 4.78 is 5.43. The molecule has 0 aliphatic carbocycles. The lowest BCUT2D eigenvalue weighted by atomic mass is 10.1. The first-order valence-corrected chi connectivity index (χ1v) is 8.59. The molecule has 1 saturated heterocycles. The quantitative estimate of drug-likeness (QED) is 0.555. The second kappa shape index (κ2) is 7.83. The second-order valence-corrected chi connectivity index (χ2v) is 6.87. The normalized spacial score (nSPS) is 23.2. The fraction of sp³-hybridized carbons (Fsp3) is 0.294. The Kier molecular flexibility index (Phi) is 5.54. The highest BCUT2D eigenvalue weighted by molar-refractivity contribution is 7.99. The minimum atomic E-state index is -0.910. The first-order chi connectivity index (χ1) is 12.0. The molecule has 0 spiro atoms. The van der Waals surface area contributed by atoms with Gasteiger partial charge in [0, 0.05) is 34.0 Å². The Bertz CT molecular complexity index is 743. The largest absolute Gasteiger partial charge is 0.390 e. The molecule has 1 aliphatic heterocycles. The van der Waals surface area contributed by atoms with Crippen LogP contribution in [-0.2, 0) is 4.74 Å². The van der Waals surface area contributed by atoms with Crippen molar-refractivity contribution in [1.29, 1.82) is 0 Å². The number of aliphatic hydroxyl groups excluding tert-OH is 2. The minimum Gasteiger partial charge on any atom is -0.390 e. The number of nitro groups is 1. The van der Waals surface area contributed by atoms with Crippen molar-refractivity contribution in [2.45, 2.75) is 34.6 Å². The molecule has 1 aliphatic rings. The maximum Gasteiger partial charge on any atom is 0.272 e. The van der Waals surface area contributed by atoms with E-state index in [-0.39, 0.29) is 18.7 Å². The average Bonchev–Trinajstić information content (AvgIpc) is 2.59. The van der Waals surface area contributed by atoms with Crippen molar-refractivity contribution < 1.29 is 19.9 Å². The van der Waals surface area contributed by atoms with Gasteiger partial charge in [0.2, 0.25) is 0 Å². The molecule has 7 nitrogen and oxygen atoms in total. The Labute approximate surface area is 148 Å². The molecule has 3 N–H and O–H groups in total. The smallest absolute Gasteiger partial charge is 0.272 e. The van der Waals surface area contributed by atoms with E-state index in [1.807, 2.05) is 30.3 Å². The monoisotopic (exact) mass is 362 g/mol. The molecule has 8 heteroatoms. The molecular weight excluding hydrogens is 344 g/mol. The van der Waals surface area contributed by atoms with Crippen molar-refractivity contribution in [2.75, 3.05) is 11.9 Å². The maximum absolute atomic E-state index is 11.2. The number of hydrogen-bond acceptors (Lipinski definition) is 7. The number of aliphatic hydroxyl groups is 2. The van der Waals surface area contributed by atoms with Crippen LogP contribution in [0.15, 0.2) is 58.3 Å². The summed E-state index contributed by atoms with van der Waals surface area (Å²) >= 11 is 1.42. The van der Waals surface area contributed by atoms with Gasteiger partial charge in [0.25, 0.3) is 5.69 Å². The number of benzene rings is 2. The van der Waals surface area contributed by atoms with Gasteiger partial charge in [-0.05, 0) is 18.2 Å². The molecule has 0 radical (unpaired) electrons. The lowest BCUT2D eigenvalue weighted by Crippen LogP contribution is -2.44. The van der Waals surface area contributed by atoms with Crippen LogP contribution in [0.4, 0.5) is 11.4 Å². The first kappa shape index (κ1) is 17.7. The van der Waals surface area contributed by atoms with Gasteiger partial charge in [-0.25, -0.2) is 0 Å². The predicted octanol–water partition coefficient (Wildman–Crippen LogP) is 2.63. The van der Waals surface area contributed by atoms with Gasteiger partial charge in [0.05, 0.1) is 17.6 Å². The summed E-state index contributed by atoms with van der Waals surface area (Å²) in [6.45, 7) is 0.0133. The van der Waals surface area contributed by atoms with Gasteiger partial charge in [-0.2, -0.15) is 0 Å². The van der Waals surface area contributed by atoms with Gasteiger partial charge in [-0.1, -0.05) is 30.0 Å². The summed E-state index contributed by atoms with van der Waals surface area (Å²) in [7, 11) is 0. The summed E-state index contributed by atoms with van der Waals surface area (Å²) in [4.78, 5) is 12.5. The van der Waals surface area contributed by atoms with Crippen LogP contribution in [0, 0.1) is 10.1 Å². The molecule has 3 atom stereocenters. The molecule has 132 valence electrons. The third-order valence-corrected chi connectivity index (χ3v) is 4.76. The van der Waals surface area contributed by atoms with Crippen molar-refractivity contribution in [2.24, 2.45) is 0 Å². The van der Waals surface area contributed by atoms with E-state index < -0.39 is 23.4 Å². The van der Waals surface area contributed by atoms with E-state index in [2.05, 4.69) is 5.32 Å². The highest BCUT2D eigenvalue weighted by Gasteiger charge is 2.28. The lowest BCUT2D eigenvalue weighted by molar-refractivity contribution is -0.385. The lowest BCUT2D eigenvalue weighted by Gasteiger charge is -2.31. The number of hydrogen-bond donors (Lipinski definition) is 3. The third kappa shape index (κ3) is 4.70. The van der Waals surface area contributed by atoms with Crippen LogP contribution in [0.3, 0.4) is 0 Å². The first-order valence-electron chi connectivity index (χ1n) is 7.78. The molecule has 3 rings (SSSR count). The van der Waals surface area contributed by atoms with Gasteiger partial charge in [0.15, 0.2) is 0 Å². The van der Waals surface area contributed by atoms with Gasteiger partial charge < -0.3 is 20.3 Å². The van der Waals surface area contributed by atoms with Gasteiger partial charge in [-0.15, -0.1) is 0 Å². The molecule has 0 saturated carbocycles. The molecule has 1 heterocycles. The topological polar surface area (TPSA) is 105 Å². The number of nitro benzene ring substituents is 1. The van der Waals surface area contributed by atoms with Crippen molar-refractivity contribution in [1.82, 2.24) is 0 Å². The second-order valence-electron chi connectivity index (χ2n) is 5.72. The molecule has 1 fully saturated rings. The molecule has 25 heavy (non-hydrogen) atoms. The Balaban J connectivity index is 1.79. The van der Waals surface area contributed by atoms with E-state index in [1.165, 1.54) is 23.9 Å². The minimum absolute atomic E-state index is 0.0133. The van der Waals surface area contributed by atoms with E-state index in [1.54, 1.807) is 6.07 Å². The van der Waals surface area contributed by atoms with E-state index in [0.717, 1.165) is 9.79 Å². The van der Waals surface area contributed by atoms with E-state index in [4.69, 9.17) is 4.74 Å². The summed E-state index contributed by atoms with van der Waals surface area (Å²) in [5.41, 5.74) is 0.501. The number of anilines is 1. The standard InChI is InChI=1S/C17H18N2O5S/c20-15-9-17(24-10-16(15)21)18-11-6-12(19(22)23)8-14(7-11)25-13-4-2-1-3-5-13/h1-8,15-18,20-21H,9-10H2. The maximum atomic E-state index is 11.2. The van der Waals surface area contributed by atoms with Crippen LogP contribution in [0.2, 0.25) is 0 Å². The Morgan fingerprint density at radius 3 is 2.56 bits per heavy atom. The number of ether oxygens (including phenoxy) is 1. The molecule has 0 bridgehead atoms. The van der Waals surface area contributed by atoms with E-state index in [0.29, 0.717) is 5.69 Å². The van der Waals surface area contributed by atoms with Gasteiger partial charge in [-0.3, -0.25) is 10.1 Å². The Morgan fingerprint density at radius 1 is 1.12 bits per heavy atom. The summed E-state index contributed by atoms with van der Waals surface area (Å²) in [5.74, 6) is 0. The number of rotatable bonds is 5. The van der Waals surface area contributed by atoms with Crippen LogP contribution in [0.1, 0.15) is 6.42 Å². The van der Waals surface area contributed by atoms with Crippen molar-refractivity contribution in [3.05, 3.63) is 58.6 Å².